The summed E-state index contributed by atoms with van der Waals surface area (Å²) in [5.41, 5.74) is 2.64. The van der Waals surface area contributed by atoms with Gasteiger partial charge in [0.2, 0.25) is 0 Å². The Morgan fingerprint density at radius 3 is 2.57 bits per heavy atom. The molecule has 150 valence electrons. The number of aliphatic imine (C=N–C) groups is 1. The van der Waals surface area contributed by atoms with E-state index < -0.39 is 9.75 Å². The van der Waals surface area contributed by atoms with E-state index in [2.05, 4.69) is 25.3 Å². The average Bonchev–Trinajstić information content (AvgIpc) is 2.98. The molecule has 1 aromatic carbocycles. The summed E-state index contributed by atoms with van der Waals surface area (Å²) in [6, 6.07) is 4.06. The zero-order valence-corrected chi connectivity index (χ0v) is 18.7. The molecule has 1 saturated carbocycles. The maximum absolute atomic E-state index is 6.23. The number of hydrogen-bond donors (Lipinski definition) is 0. The van der Waals surface area contributed by atoms with Gasteiger partial charge in [-0.3, -0.25) is 0 Å². The van der Waals surface area contributed by atoms with E-state index in [4.69, 9.17) is 27.9 Å². The number of halogens is 2. The van der Waals surface area contributed by atoms with Crippen LogP contribution in [0.2, 0.25) is 0 Å². The van der Waals surface area contributed by atoms with E-state index in [1.165, 1.54) is 30.8 Å². The Bertz CT molecular complexity index is 908. The summed E-state index contributed by atoms with van der Waals surface area (Å²) in [7, 11) is 0. The molecule has 2 aliphatic rings. The number of aromatic nitrogens is 2. The van der Waals surface area contributed by atoms with Crippen molar-refractivity contribution >= 4 is 46.8 Å². The van der Waals surface area contributed by atoms with Crippen molar-refractivity contribution in [2.75, 3.05) is 13.1 Å². The Morgan fingerprint density at radius 2 is 1.89 bits per heavy atom. The Kier molecular flexibility index (Phi) is 5.31. The second-order valence-electron chi connectivity index (χ2n) is 7.94. The van der Waals surface area contributed by atoms with Crippen molar-refractivity contribution in [3.63, 3.8) is 0 Å². The van der Waals surface area contributed by atoms with Crippen molar-refractivity contribution in [1.82, 2.24) is 14.3 Å². The Balaban J connectivity index is 1.48. The van der Waals surface area contributed by atoms with E-state index in [1.807, 2.05) is 33.2 Å². The summed E-state index contributed by atoms with van der Waals surface area (Å²) >= 11 is 13.7. The number of nitrogens with zero attached hydrogens (tertiary/aromatic N) is 4. The molecule has 8 heteroatoms. The van der Waals surface area contributed by atoms with Gasteiger partial charge in [0.15, 0.2) is 5.82 Å². The summed E-state index contributed by atoms with van der Waals surface area (Å²) in [6.45, 7) is 8.21. The zero-order chi connectivity index (χ0) is 19.9. The van der Waals surface area contributed by atoms with Crippen molar-refractivity contribution in [1.29, 1.82) is 0 Å². The number of hydrogen-bond acceptors (Lipinski definition) is 5. The first-order valence-electron chi connectivity index (χ1n) is 9.58. The van der Waals surface area contributed by atoms with Gasteiger partial charge in [0.05, 0.1) is 17.4 Å². The van der Waals surface area contributed by atoms with Crippen LogP contribution in [0.5, 0.6) is 10.9 Å². The minimum Gasteiger partial charge on any atom is -0.430 e. The van der Waals surface area contributed by atoms with Gasteiger partial charge < -0.3 is 9.64 Å². The van der Waals surface area contributed by atoms with Crippen molar-refractivity contribution in [3.05, 3.63) is 29.1 Å². The number of likely N-dealkylation sites (tertiary alicyclic amines) is 1. The third-order valence-corrected chi connectivity index (χ3v) is 7.30. The fourth-order valence-corrected chi connectivity index (χ4v) is 4.78. The number of piperidine rings is 1. The highest BCUT2D eigenvalue weighted by Crippen LogP contribution is 2.64. The van der Waals surface area contributed by atoms with Crippen LogP contribution in [0.15, 0.2) is 17.1 Å². The van der Waals surface area contributed by atoms with Crippen LogP contribution in [0.4, 0.5) is 5.69 Å². The first kappa shape index (κ1) is 19.9. The van der Waals surface area contributed by atoms with Gasteiger partial charge in [-0.25, -0.2) is 4.99 Å². The molecule has 1 aromatic heterocycles. The standard InChI is InChI=1S/C20H24Cl2N4OS/c1-13-10-16(14(2)9-15(13)23-12-26-7-5-4-6-8-26)27-18-24-17(25-28-18)19(3)11-20(19,21)22/h9-10,12H,4-8,11H2,1-3H3/b23-12+. The molecule has 5 nitrogen and oxygen atoms in total. The fraction of sp³-hybridized carbons (Fsp3) is 0.550. The van der Waals surface area contributed by atoms with E-state index >= 15 is 0 Å². The lowest BCUT2D eigenvalue weighted by Gasteiger charge is -2.23. The molecule has 1 unspecified atom stereocenters. The van der Waals surface area contributed by atoms with Crippen LogP contribution >= 0.6 is 34.7 Å². The highest BCUT2D eigenvalue weighted by Gasteiger charge is 2.66. The molecule has 28 heavy (non-hydrogen) atoms. The molecule has 1 aliphatic heterocycles. The zero-order valence-electron chi connectivity index (χ0n) is 16.3. The highest BCUT2D eigenvalue weighted by atomic mass is 35.5. The van der Waals surface area contributed by atoms with Gasteiger partial charge in [0.1, 0.15) is 10.1 Å². The lowest BCUT2D eigenvalue weighted by atomic mass is 10.1. The quantitative estimate of drug-likeness (QED) is 0.329. The van der Waals surface area contributed by atoms with Crippen LogP contribution in [-0.4, -0.2) is 38.0 Å². The SMILES string of the molecule is Cc1cc(Oc2nc(C3(C)CC3(Cl)Cl)ns2)c(C)cc1/N=C/N1CCCCC1. The van der Waals surface area contributed by atoms with Gasteiger partial charge >= 0.3 is 0 Å². The summed E-state index contributed by atoms with van der Waals surface area (Å²) in [6.07, 6.45) is 6.43. The van der Waals surface area contributed by atoms with E-state index in [0.717, 1.165) is 35.7 Å². The average molecular weight is 439 g/mol. The largest absolute Gasteiger partial charge is 0.430 e. The lowest BCUT2D eigenvalue weighted by Crippen LogP contribution is -2.28. The van der Waals surface area contributed by atoms with Crippen LogP contribution in [-0.2, 0) is 5.41 Å². The Morgan fingerprint density at radius 1 is 1.18 bits per heavy atom. The first-order valence-corrected chi connectivity index (χ1v) is 11.1. The van der Waals surface area contributed by atoms with Gasteiger partial charge in [0.25, 0.3) is 5.19 Å². The van der Waals surface area contributed by atoms with E-state index in [1.54, 1.807) is 0 Å². The van der Waals surface area contributed by atoms with Gasteiger partial charge in [-0.1, -0.05) is 0 Å². The molecule has 0 N–H and O–H groups in total. The number of alkyl halides is 2. The van der Waals surface area contributed by atoms with Crippen LogP contribution in [0.3, 0.4) is 0 Å². The predicted octanol–water partition coefficient (Wildman–Crippen LogP) is 5.93. The molecule has 1 atom stereocenters. The number of ether oxygens (including phenoxy) is 1. The van der Waals surface area contributed by atoms with Crippen molar-refractivity contribution in [3.8, 4) is 10.9 Å². The molecule has 2 aromatic rings. The maximum atomic E-state index is 6.23. The van der Waals surface area contributed by atoms with Gasteiger partial charge in [0, 0.05) is 24.6 Å². The summed E-state index contributed by atoms with van der Waals surface area (Å²) in [4.78, 5) is 11.5. The first-order chi connectivity index (χ1) is 13.3. The molecule has 1 saturated heterocycles. The van der Waals surface area contributed by atoms with Crippen LogP contribution in [0.1, 0.15) is 49.6 Å². The van der Waals surface area contributed by atoms with Crippen molar-refractivity contribution in [2.45, 2.75) is 56.2 Å². The molecule has 4 rings (SSSR count). The molecule has 0 radical (unpaired) electrons. The third-order valence-electron chi connectivity index (χ3n) is 5.60. The molecule has 2 fully saturated rings. The van der Waals surface area contributed by atoms with Gasteiger partial charge in [-0.05, 0) is 69.7 Å². The number of aryl methyl sites for hydroxylation is 2. The molecule has 0 bridgehead atoms. The molecule has 0 spiro atoms. The second-order valence-corrected chi connectivity index (χ2v) is 10.1. The van der Waals surface area contributed by atoms with Gasteiger partial charge in [-0.15, -0.1) is 23.2 Å². The van der Waals surface area contributed by atoms with Crippen LogP contribution < -0.4 is 4.74 Å². The molecular formula is C20H24Cl2N4OS. The number of benzene rings is 1. The van der Waals surface area contributed by atoms with E-state index in [9.17, 15) is 0 Å². The van der Waals surface area contributed by atoms with E-state index in [0.29, 0.717) is 17.4 Å². The van der Waals surface area contributed by atoms with Crippen LogP contribution in [0.25, 0.3) is 0 Å². The lowest BCUT2D eigenvalue weighted by molar-refractivity contribution is 0.351. The normalized spacial score (nSPS) is 24.0. The smallest absolute Gasteiger partial charge is 0.298 e. The third kappa shape index (κ3) is 3.87. The van der Waals surface area contributed by atoms with Gasteiger partial charge in [-0.2, -0.15) is 9.36 Å². The van der Waals surface area contributed by atoms with Crippen LogP contribution in [0, 0.1) is 13.8 Å². The maximum Gasteiger partial charge on any atom is 0.298 e. The second kappa shape index (κ2) is 7.47. The topological polar surface area (TPSA) is 50.6 Å². The Hall–Kier alpha value is -1.37. The van der Waals surface area contributed by atoms with E-state index in [-0.39, 0.29) is 0 Å². The predicted molar refractivity (Wildman–Crippen MR) is 116 cm³/mol. The molecule has 1 aliphatic carbocycles. The highest BCUT2D eigenvalue weighted by molar-refractivity contribution is 7.07. The van der Waals surface area contributed by atoms with Crippen molar-refractivity contribution < 1.29 is 4.74 Å². The molecular weight excluding hydrogens is 415 g/mol. The monoisotopic (exact) mass is 438 g/mol. The summed E-state index contributed by atoms with van der Waals surface area (Å²) < 4.78 is 9.62. The fourth-order valence-electron chi connectivity index (χ4n) is 3.41. The molecule has 0 amide bonds. The van der Waals surface area contributed by atoms with Crippen molar-refractivity contribution in [2.24, 2.45) is 4.99 Å². The Labute approximate surface area is 179 Å². The minimum absolute atomic E-state index is 0.397. The molecule has 2 heterocycles. The summed E-state index contributed by atoms with van der Waals surface area (Å²) in [5.74, 6) is 1.41. The summed E-state index contributed by atoms with van der Waals surface area (Å²) in [5, 5.41) is 0.499. The number of rotatable bonds is 5. The minimum atomic E-state index is -0.786.